The average molecular weight is 364 g/mol. The van der Waals surface area contributed by atoms with Crippen molar-refractivity contribution >= 4 is 5.91 Å². The molecule has 3 aromatic heterocycles. The van der Waals surface area contributed by atoms with Crippen molar-refractivity contribution in [2.24, 2.45) is 0 Å². The Kier molecular flexibility index (Phi) is 4.39. The van der Waals surface area contributed by atoms with Crippen molar-refractivity contribution in [3.05, 3.63) is 53.3 Å². The smallest absolute Gasteiger partial charge is 0.274 e. The Morgan fingerprint density at radius 2 is 2.07 bits per heavy atom. The number of amides is 1. The predicted octanol–water partition coefficient (Wildman–Crippen LogP) is 2.82. The van der Waals surface area contributed by atoms with Crippen molar-refractivity contribution in [3.63, 3.8) is 0 Å². The molecule has 1 unspecified atom stereocenters. The van der Waals surface area contributed by atoms with E-state index in [1.54, 1.807) is 6.20 Å². The summed E-state index contributed by atoms with van der Waals surface area (Å²) in [6.07, 6.45) is 6.35. The summed E-state index contributed by atoms with van der Waals surface area (Å²) in [6, 6.07) is 1.83. The molecule has 8 nitrogen and oxygen atoms in total. The summed E-state index contributed by atoms with van der Waals surface area (Å²) in [5, 5.41) is 4.02. The minimum Gasteiger partial charge on any atom is -0.361 e. The van der Waals surface area contributed by atoms with Gasteiger partial charge in [0, 0.05) is 18.9 Å². The molecule has 4 heterocycles. The summed E-state index contributed by atoms with van der Waals surface area (Å²) in [5.41, 5.74) is 3.61. The second-order valence-corrected chi connectivity index (χ2v) is 6.67. The largest absolute Gasteiger partial charge is 0.361 e. The van der Waals surface area contributed by atoms with Crippen LogP contribution < -0.4 is 0 Å². The molecule has 1 amide bonds. The van der Waals surface area contributed by atoms with E-state index in [9.17, 15) is 4.79 Å². The Balaban J connectivity index is 1.71. The minimum absolute atomic E-state index is 0.111. The maximum absolute atomic E-state index is 12.9. The first-order chi connectivity index (χ1) is 13.0. The van der Waals surface area contributed by atoms with Gasteiger partial charge in [-0.15, -0.1) is 0 Å². The lowest BCUT2D eigenvalue weighted by Crippen LogP contribution is -2.31. The van der Waals surface area contributed by atoms with Crippen molar-refractivity contribution in [2.75, 3.05) is 6.54 Å². The third kappa shape index (κ3) is 3.18. The molecule has 1 atom stereocenters. The van der Waals surface area contributed by atoms with E-state index >= 15 is 0 Å². The van der Waals surface area contributed by atoms with Crippen LogP contribution in [-0.4, -0.2) is 42.4 Å². The van der Waals surface area contributed by atoms with Crippen LogP contribution in [0.2, 0.25) is 0 Å². The van der Waals surface area contributed by atoms with Gasteiger partial charge in [-0.3, -0.25) is 9.78 Å². The molecule has 3 aromatic rings. The van der Waals surface area contributed by atoms with Gasteiger partial charge in [0.05, 0.1) is 34.9 Å². The highest BCUT2D eigenvalue weighted by atomic mass is 16.5. The number of aryl methyl sites for hydroxylation is 3. The van der Waals surface area contributed by atoms with Crippen LogP contribution in [0.3, 0.4) is 0 Å². The van der Waals surface area contributed by atoms with Crippen LogP contribution in [-0.2, 0) is 0 Å². The third-order valence-electron chi connectivity index (χ3n) is 4.78. The molecule has 0 aliphatic carbocycles. The van der Waals surface area contributed by atoms with Crippen LogP contribution in [0, 0.1) is 20.8 Å². The molecule has 1 aliphatic heterocycles. The molecule has 0 spiro atoms. The van der Waals surface area contributed by atoms with Gasteiger partial charge in [-0.1, -0.05) is 5.16 Å². The number of carbonyl (C=O) groups excluding carboxylic acids is 1. The van der Waals surface area contributed by atoms with Gasteiger partial charge in [-0.2, -0.15) is 0 Å². The van der Waals surface area contributed by atoms with Gasteiger partial charge in [0.2, 0.25) is 0 Å². The lowest BCUT2D eigenvalue weighted by atomic mass is 10.1. The van der Waals surface area contributed by atoms with Gasteiger partial charge in [-0.05, 0) is 39.7 Å². The van der Waals surface area contributed by atoms with Crippen LogP contribution in [0.4, 0.5) is 0 Å². The summed E-state index contributed by atoms with van der Waals surface area (Å²) in [5.74, 6) is 1.25. The Labute approximate surface area is 156 Å². The highest BCUT2D eigenvalue weighted by molar-refractivity contribution is 5.92. The molecule has 1 saturated heterocycles. The zero-order valence-corrected chi connectivity index (χ0v) is 15.5. The van der Waals surface area contributed by atoms with E-state index in [0.29, 0.717) is 18.1 Å². The number of carbonyl (C=O) groups is 1. The van der Waals surface area contributed by atoms with Crippen LogP contribution in [0.1, 0.15) is 52.3 Å². The summed E-state index contributed by atoms with van der Waals surface area (Å²) in [4.78, 5) is 32.0. The molecule has 0 radical (unpaired) electrons. The summed E-state index contributed by atoms with van der Waals surface area (Å²) >= 11 is 0. The fraction of sp³-hybridized carbons (Fsp3) is 0.368. The maximum Gasteiger partial charge on any atom is 0.274 e. The van der Waals surface area contributed by atoms with Crippen LogP contribution in [0.15, 0.2) is 29.2 Å². The Morgan fingerprint density at radius 1 is 1.22 bits per heavy atom. The fourth-order valence-corrected chi connectivity index (χ4v) is 3.61. The fourth-order valence-electron chi connectivity index (χ4n) is 3.61. The summed E-state index contributed by atoms with van der Waals surface area (Å²) in [7, 11) is 0. The number of rotatable bonds is 3. The molecule has 1 fully saturated rings. The lowest BCUT2D eigenvalue weighted by Gasteiger charge is -2.24. The molecule has 0 bridgehead atoms. The normalized spacial score (nSPS) is 16.7. The first kappa shape index (κ1) is 17.3. The van der Waals surface area contributed by atoms with Crippen molar-refractivity contribution in [1.29, 1.82) is 0 Å². The van der Waals surface area contributed by atoms with E-state index in [1.165, 1.54) is 12.4 Å². The molecule has 0 saturated carbocycles. The third-order valence-corrected chi connectivity index (χ3v) is 4.78. The number of hydrogen-bond acceptors (Lipinski definition) is 7. The van der Waals surface area contributed by atoms with Gasteiger partial charge < -0.3 is 9.42 Å². The topological polar surface area (TPSA) is 97.9 Å². The maximum atomic E-state index is 12.9. The molecule has 27 heavy (non-hydrogen) atoms. The molecular formula is C19H20N6O2. The number of likely N-dealkylation sites (tertiary alicyclic amines) is 1. The molecule has 4 rings (SSSR count). The molecule has 8 heteroatoms. The quantitative estimate of drug-likeness (QED) is 0.705. The molecule has 0 N–H and O–H groups in total. The summed E-state index contributed by atoms with van der Waals surface area (Å²) < 4.78 is 5.28. The standard InChI is InChI=1S/C19H20N6O2/c1-11-18(12(2)27-24-11)15-9-14(22-13(3)23-15)17-5-4-8-25(17)19(26)16-10-20-6-7-21-16/h6-7,9-10,17H,4-5,8H2,1-3H3. The van der Waals surface area contributed by atoms with E-state index in [4.69, 9.17) is 4.52 Å². The van der Waals surface area contributed by atoms with Crippen molar-refractivity contribution < 1.29 is 9.32 Å². The monoisotopic (exact) mass is 364 g/mol. The zero-order chi connectivity index (χ0) is 19.0. The second kappa shape index (κ2) is 6.86. The van der Waals surface area contributed by atoms with E-state index in [-0.39, 0.29) is 11.9 Å². The van der Waals surface area contributed by atoms with E-state index in [0.717, 1.165) is 41.2 Å². The number of nitrogens with zero attached hydrogens (tertiary/aromatic N) is 6. The van der Waals surface area contributed by atoms with E-state index in [2.05, 4.69) is 25.1 Å². The highest BCUT2D eigenvalue weighted by Crippen LogP contribution is 2.34. The van der Waals surface area contributed by atoms with Crippen molar-refractivity contribution in [1.82, 2.24) is 30.0 Å². The first-order valence-corrected chi connectivity index (χ1v) is 8.90. The second-order valence-electron chi connectivity index (χ2n) is 6.67. The van der Waals surface area contributed by atoms with E-state index < -0.39 is 0 Å². The Bertz CT molecular complexity index is 966. The predicted molar refractivity (Wildman–Crippen MR) is 96.8 cm³/mol. The van der Waals surface area contributed by atoms with Gasteiger partial charge in [0.1, 0.15) is 17.3 Å². The first-order valence-electron chi connectivity index (χ1n) is 8.90. The van der Waals surface area contributed by atoms with E-state index in [1.807, 2.05) is 31.7 Å². The number of aromatic nitrogens is 5. The summed E-state index contributed by atoms with van der Waals surface area (Å²) in [6.45, 7) is 6.28. The lowest BCUT2D eigenvalue weighted by molar-refractivity contribution is 0.0726. The molecular weight excluding hydrogens is 344 g/mol. The SMILES string of the molecule is Cc1nc(-c2c(C)noc2C)cc(C2CCCN2C(=O)c2cnccn2)n1. The molecule has 0 aromatic carbocycles. The highest BCUT2D eigenvalue weighted by Gasteiger charge is 2.33. The average Bonchev–Trinajstić information content (AvgIpc) is 3.28. The van der Waals surface area contributed by atoms with Crippen molar-refractivity contribution in [2.45, 2.75) is 39.7 Å². The molecule has 138 valence electrons. The number of hydrogen-bond donors (Lipinski definition) is 0. The zero-order valence-electron chi connectivity index (χ0n) is 15.5. The van der Waals surface area contributed by atoms with Crippen molar-refractivity contribution in [3.8, 4) is 11.3 Å². The van der Waals surface area contributed by atoms with Crippen LogP contribution in [0.5, 0.6) is 0 Å². The Hall–Kier alpha value is -3.16. The minimum atomic E-state index is -0.124. The van der Waals surface area contributed by atoms with Gasteiger partial charge in [0.15, 0.2) is 0 Å². The van der Waals surface area contributed by atoms with Gasteiger partial charge >= 0.3 is 0 Å². The van der Waals surface area contributed by atoms with Crippen LogP contribution >= 0.6 is 0 Å². The van der Waals surface area contributed by atoms with Gasteiger partial charge in [0.25, 0.3) is 5.91 Å². The van der Waals surface area contributed by atoms with Crippen LogP contribution in [0.25, 0.3) is 11.3 Å². The Morgan fingerprint density at radius 3 is 2.78 bits per heavy atom. The van der Waals surface area contributed by atoms with Gasteiger partial charge in [-0.25, -0.2) is 15.0 Å². The molecule has 1 aliphatic rings.